The summed E-state index contributed by atoms with van der Waals surface area (Å²) in [5, 5.41) is 22.9. The molecule has 2 heterocycles. The Kier molecular flexibility index (Phi) is 3.75. The van der Waals surface area contributed by atoms with Crippen LogP contribution in [0.4, 0.5) is 5.13 Å². The second kappa shape index (κ2) is 5.09. The van der Waals surface area contributed by atoms with Crippen molar-refractivity contribution < 1.29 is 10.2 Å². The highest BCUT2D eigenvalue weighted by atomic mass is 32.1. The molecule has 1 aromatic rings. The van der Waals surface area contributed by atoms with Crippen LogP contribution in [0.5, 0.6) is 0 Å². The number of anilines is 1. The molecule has 5 nitrogen and oxygen atoms in total. The van der Waals surface area contributed by atoms with E-state index < -0.39 is 12.2 Å². The van der Waals surface area contributed by atoms with Crippen molar-refractivity contribution in [1.82, 2.24) is 9.88 Å². The molecule has 3 N–H and O–H groups in total. The van der Waals surface area contributed by atoms with E-state index in [1.54, 1.807) is 11.3 Å². The van der Waals surface area contributed by atoms with Gasteiger partial charge in [-0.1, -0.05) is 0 Å². The summed E-state index contributed by atoms with van der Waals surface area (Å²) < 4.78 is 0. The third kappa shape index (κ3) is 2.70. The van der Waals surface area contributed by atoms with Crippen molar-refractivity contribution in [2.45, 2.75) is 25.7 Å². The van der Waals surface area contributed by atoms with E-state index in [2.05, 4.69) is 10.3 Å². The van der Waals surface area contributed by atoms with Gasteiger partial charge in [0.05, 0.1) is 12.2 Å². The number of likely N-dealkylation sites (tertiary alicyclic amines) is 1. The fraction of sp³-hybridized carbons (Fsp3) is 0.700. The van der Waals surface area contributed by atoms with Gasteiger partial charge in [0.2, 0.25) is 0 Å². The van der Waals surface area contributed by atoms with Gasteiger partial charge in [-0.25, -0.2) is 4.98 Å². The van der Waals surface area contributed by atoms with E-state index in [9.17, 15) is 10.2 Å². The van der Waals surface area contributed by atoms with Crippen LogP contribution in [0.3, 0.4) is 0 Å². The SMILES string of the molecule is CCNc1ncc(CN2CC(O)C(O)C2)s1. The first kappa shape index (κ1) is 11.8. The van der Waals surface area contributed by atoms with Gasteiger partial charge in [0.25, 0.3) is 0 Å². The number of thiazole rings is 1. The highest BCUT2D eigenvalue weighted by Crippen LogP contribution is 2.21. The molecule has 6 heteroatoms. The van der Waals surface area contributed by atoms with E-state index in [4.69, 9.17) is 0 Å². The molecular weight excluding hydrogens is 226 g/mol. The fourth-order valence-electron chi connectivity index (χ4n) is 1.81. The molecule has 0 amide bonds. The van der Waals surface area contributed by atoms with Crippen molar-refractivity contribution in [3.63, 3.8) is 0 Å². The molecule has 90 valence electrons. The minimum Gasteiger partial charge on any atom is -0.389 e. The summed E-state index contributed by atoms with van der Waals surface area (Å²) in [7, 11) is 0. The first-order valence-corrected chi connectivity index (χ1v) is 6.27. The maximum atomic E-state index is 9.42. The molecule has 0 spiro atoms. The molecule has 2 rings (SSSR count). The maximum Gasteiger partial charge on any atom is 0.182 e. The summed E-state index contributed by atoms with van der Waals surface area (Å²) >= 11 is 1.62. The molecular formula is C10H17N3O2S. The van der Waals surface area contributed by atoms with E-state index in [-0.39, 0.29) is 0 Å². The molecule has 0 saturated carbocycles. The molecule has 1 aliphatic rings. The van der Waals surface area contributed by atoms with Gasteiger partial charge in [-0.05, 0) is 6.92 Å². The third-order valence-electron chi connectivity index (χ3n) is 2.60. The predicted molar refractivity (Wildman–Crippen MR) is 63.6 cm³/mol. The Morgan fingerprint density at radius 1 is 1.50 bits per heavy atom. The predicted octanol–water partition coefficient (Wildman–Crippen LogP) is 0.112. The van der Waals surface area contributed by atoms with Gasteiger partial charge in [-0.3, -0.25) is 4.90 Å². The topological polar surface area (TPSA) is 68.6 Å². The summed E-state index contributed by atoms with van der Waals surface area (Å²) in [6, 6.07) is 0. The van der Waals surface area contributed by atoms with E-state index in [0.717, 1.165) is 23.1 Å². The van der Waals surface area contributed by atoms with Crippen LogP contribution in [-0.4, -0.2) is 51.9 Å². The lowest BCUT2D eigenvalue weighted by Gasteiger charge is -2.12. The van der Waals surface area contributed by atoms with Gasteiger partial charge < -0.3 is 15.5 Å². The first-order chi connectivity index (χ1) is 7.69. The monoisotopic (exact) mass is 243 g/mol. The van der Waals surface area contributed by atoms with Gasteiger partial charge in [0.1, 0.15) is 0 Å². The number of rotatable bonds is 4. The van der Waals surface area contributed by atoms with E-state index in [0.29, 0.717) is 13.1 Å². The minimum atomic E-state index is -0.610. The Hall–Kier alpha value is -0.690. The van der Waals surface area contributed by atoms with Crippen LogP contribution in [0.2, 0.25) is 0 Å². The third-order valence-corrected chi connectivity index (χ3v) is 3.54. The Morgan fingerprint density at radius 3 is 2.81 bits per heavy atom. The summed E-state index contributed by atoms with van der Waals surface area (Å²) in [6.07, 6.45) is 0.627. The van der Waals surface area contributed by atoms with Crippen molar-refractivity contribution in [3.8, 4) is 0 Å². The molecule has 2 atom stereocenters. The highest BCUT2D eigenvalue weighted by molar-refractivity contribution is 7.15. The van der Waals surface area contributed by atoms with Gasteiger partial charge in [-0.15, -0.1) is 11.3 Å². The standard InChI is InChI=1S/C10H17N3O2S/c1-2-11-10-12-3-7(16-10)4-13-5-8(14)9(15)6-13/h3,8-9,14-15H,2,4-6H2,1H3,(H,11,12). The molecule has 2 unspecified atom stereocenters. The van der Waals surface area contributed by atoms with E-state index in [1.165, 1.54) is 0 Å². The lowest BCUT2D eigenvalue weighted by Crippen LogP contribution is -2.22. The Bertz CT molecular complexity index is 335. The molecule has 1 aromatic heterocycles. The van der Waals surface area contributed by atoms with E-state index in [1.807, 2.05) is 18.0 Å². The number of hydrogen-bond donors (Lipinski definition) is 3. The van der Waals surface area contributed by atoms with Crippen LogP contribution in [-0.2, 0) is 6.54 Å². The molecule has 0 aliphatic carbocycles. The molecule has 0 bridgehead atoms. The van der Waals surface area contributed by atoms with Crippen molar-refractivity contribution in [2.75, 3.05) is 25.0 Å². The number of aromatic nitrogens is 1. The zero-order valence-electron chi connectivity index (χ0n) is 9.26. The zero-order valence-corrected chi connectivity index (χ0v) is 10.1. The largest absolute Gasteiger partial charge is 0.389 e. The molecule has 1 aliphatic heterocycles. The average molecular weight is 243 g/mol. The average Bonchev–Trinajstić information content (AvgIpc) is 2.77. The van der Waals surface area contributed by atoms with Gasteiger partial charge in [0.15, 0.2) is 5.13 Å². The molecule has 16 heavy (non-hydrogen) atoms. The normalized spacial score (nSPS) is 26.2. The van der Waals surface area contributed by atoms with Gasteiger partial charge in [0, 0.05) is 37.3 Å². The van der Waals surface area contributed by atoms with Crippen LogP contribution in [0.1, 0.15) is 11.8 Å². The molecule has 1 fully saturated rings. The number of aliphatic hydroxyl groups excluding tert-OH is 2. The fourth-order valence-corrected chi connectivity index (χ4v) is 2.73. The number of β-amino-alcohol motifs (C(OH)–C–C–N with tert-alkyl or cyclic N) is 2. The second-order valence-electron chi connectivity index (χ2n) is 3.99. The first-order valence-electron chi connectivity index (χ1n) is 5.46. The van der Waals surface area contributed by atoms with Crippen LogP contribution in [0.25, 0.3) is 0 Å². The van der Waals surface area contributed by atoms with Crippen molar-refractivity contribution in [2.24, 2.45) is 0 Å². The maximum absolute atomic E-state index is 9.42. The van der Waals surface area contributed by atoms with Crippen LogP contribution >= 0.6 is 11.3 Å². The van der Waals surface area contributed by atoms with Crippen molar-refractivity contribution in [1.29, 1.82) is 0 Å². The van der Waals surface area contributed by atoms with E-state index >= 15 is 0 Å². The highest BCUT2D eigenvalue weighted by Gasteiger charge is 2.29. The van der Waals surface area contributed by atoms with Gasteiger partial charge in [-0.2, -0.15) is 0 Å². The van der Waals surface area contributed by atoms with Crippen LogP contribution in [0, 0.1) is 0 Å². The Labute approximate surface area is 98.7 Å². The van der Waals surface area contributed by atoms with Crippen LogP contribution < -0.4 is 5.32 Å². The minimum absolute atomic E-state index is 0.537. The summed E-state index contributed by atoms with van der Waals surface area (Å²) in [5.41, 5.74) is 0. The number of nitrogens with one attached hydrogen (secondary N) is 1. The zero-order chi connectivity index (χ0) is 11.5. The smallest absolute Gasteiger partial charge is 0.182 e. The quantitative estimate of drug-likeness (QED) is 0.700. The second-order valence-corrected chi connectivity index (χ2v) is 5.11. The Morgan fingerprint density at radius 2 is 2.19 bits per heavy atom. The van der Waals surface area contributed by atoms with Crippen LogP contribution in [0.15, 0.2) is 6.20 Å². The van der Waals surface area contributed by atoms with Gasteiger partial charge >= 0.3 is 0 Å². The molecule has 1 saturated heterocycles. The lowest BCUT2D eigenvalue weighted by atomic mass is 10.3. The Balaban J connectivity index is 1.89. The molecule has 0 radical (unpaired) electrons. The summed E-state index contributed by atoms with van der Waals surface area (Å²) in [5.74, 6) is 0. The number of nitrogens with zero attached hydrogens (tertiary/aromatic N) is 2. The number of hydrogen-bond acceptors (Lipinski definition) is 6. The van der Waals surface area contributed by atoms with Crippen molar-refractivity contribution >= 4 is 16.5 Å². The summed E-state index contributed by atoms with van der Waals surface area (Å²) in [6.45, 7) is 4.73. The lowest BCUT2D eigenvalue weighted by molar-refractivity contribution is 0.0572. The molecule has 0 aromatic carbocycles. The summed E-state index contributed by atoms with van der Waals surface area (Å²) in [4.78, 5) is 7.43. The number of aliphatic hydroxyl groups is 2. The van der Waals surface area contributed by atoms with Crippen molar-refractivity contribution in [3.05, 3.63) is 11.1 Å².